The van der Waals surface area contributed by atoms with E-state index in [-0.39, 0.29) is 23.1 Å². The molecule has 2 saturated heterocycles. The molecule has 1 aromatic carbocycles. The highest BCUT2D eigenvalue weighted by Crippen LogP contribution is 2.29. The third kappa shape index (κ3) is 4.58. The molecule has 0 unspecified atom stereocenters. The zero-order valence-electron chi connectivity index (χ0n) is 18.8. The van der Waals surface area contributed by atoms with Crippen molar-refractivity contribution in [2.75, 3.05) is 44.6 Å². The number of amides is 1. The molecule has 5 rings (SSSR count). The Bertz CT molecular complexity index is 1180. The summed E-state index contributed by atoms with van der Waals surface area (Å²) in [4.78, 5) is 23.2. The summed E-state index contributed by atoms with van der Waals surface area (Å²) in [6.07, 6.45) is 7.06. The third-order valence-corrected chi connectivity index (χ3v) is 6.57. The Kier molecular flexibility index (Phi) is 6.13. The number of nitrogens with one attached hydrogen (secondary N) is 2. The van der Waals surface area contributed by atoms with Crippen molar-refractivity contribution < 1.29 is 13.6 Å². The molecule has 9 nitrogen and oxygen atoms in total. The normalized spacial score (nSPS) is 21.4. The average molecular weight is 471 g/mol. The molecule has 2 aromatic rings. The SMILES string of the molecule is N/C=C(/C(=O)Nc1cc2cn(C3CCN(CC4(F)CNC4)CC3)nc2cc1F)C1=NCCC=N1. The zero-order valence-corrected chi connectivity index (χ0v) is 18.8. The van der Waals surface area contributed by atoms with Crippen molar-refractivity contribution in [3.63, 3.8) is 0 Å². The van der Waals surface area contributed by atoms with E-state index in [0.717, 1.165) is 32.1 Å². The van der Waals surface area contributed by atoms with Crippen LogP contribution >= 0.6 is 0 Å². The molecule has 11 heteroatoms. The molecule has 1 aromatic heterocycles. The summed E-state index contributed by atoms with van der Waals surface area (Å²) in [5.74, 6) is -0.932. The largest absolute Gasteiger partial charge is 0.404 e. The van der Waals surface area contributed by atoms with Crippen molar-refractivity contribution in [2.45, 2.75) is 31.0 Å². The molecule has 0 radical (unpaired) electrons. The quantitative estimate of drug-likeness (QED) is 0.557. The minimum atomic E-state index is -1.11. The highest BCUT2D eigenvalue weighted by Gasteiger charge is 2.39. The molecule has 0 bridgehead atoms. The van der Waals surface area contributed by atoms with E-state index in [1.165, 1.54) is 6.07 Å². The van der Waals surface area contributed by atoms with Crippen LogP contribution in [0.15, 0.2) is 40.1 Å². The molecule has 3 aliphatic heterocycles. The molecule has 4 heterocycles. The smallest absolute Gasteiger partial charge is 0.261 e. The van der Waals surface area contributed by atoms with Crippen LogP contribution in [0.2, 0.25) is 0 Å². The minimum absolute atomic E-state index is 0.0361. The number of nitrogens with two attached hydrogens (primary N) is 1. The molecule has 1 amide bonds. The maximum absolute atomic E-state index is 14.8. The molecule has 0 aliphatic carbocycles. The number of fused-ring (bicyclic) bond motifs is 1. The van der Waals surface area contributed by atoms with Crippen LogP contribution in [0, 0.1) is 5.82 Å². The van der Waals surface area contributed by atoms with Gasteiger partial charge in [-0.05, 0) is 18.9 Å². The van der Waals surface area contributed by atoms with Gasteiger partial charge < -0.3 is 16.4 Å². The Balaban J connectivity index is 1.27. The number of likely N-dealkylation sites (tertiary alicyclic amines) is 1. The van der Waals surface area contributed by atoms with E-state index in [9.17, 15) is 13.6 Å². The first-order chi connectivity index (χ1) is 16.4. The van der Waals surface area contributed by atoms with E-state index >= 15 is 0 Å². The first kappa shape index (κ1) is 22.6. The maximum Gasteiger partial charge on any atom is 0.261 e. The second-order valence-corrected chi connectivity index (χ2v) is 9.10. The highest BCUT2D eigenvalue weighted by molar-refractivity contribution is 6.26. The number of nitrogens with zero attached hydrogens (tertiary/aromatic N) is 5. The van der Waals surface area contributed by atoms with Crippen LogP contribution in [0.1, 0.15) is 25.3 Å². The third-order valence-electron chi connectivity index (χ3n) is 6.57. The molecule has 180 valence electrons. The number of aromatic nitrogens is 2. The van der Waals surface area contributed by atoms with Crippen LogP contribution < -0.4 is 16.4 Å². The van der Waals surface area contributed by atoms with E-state index in [0.29, 0.717) is 43.5 Å². The van der Waals surface area contributed by atoms with Gasteiger partial charge in [-0.25, -0.2) is 13.8 Å². The molecule has 3 aliphatic rings. The Morgan fingerprint density at radius 3 is 2.76 bits per heavy atom. The van der Waals surface area contributed by atoms with E-state index in [2.05, 4.69) is 30.6 Å². The van der Waals surface area contributed by atoms with Gasteiger partial charge in [-0.1, -0.05) is 0 Å². The van der Waals surface area contributed by atoms with E-state index in [1.807, 2.05) is 10.9 Å². The molecular weight excluding hydrogens is 442 g/mol. The Labute approximate surface area is 195 Å². The number of halogens is 2. The van der Waals surface area contributed by atoms with Crippen LogP contribution in [0.5, 0.6) is 0 Å². The number of rotatable bonds is 6. The number of carbonyl (C=O) groups is 1. The lowest BCUT2D eigenvalue weighted by molar-refractivity contribution is -0.112. The first-order valence-electron chi connectivity index (χ1n) is 11.6. The van der Waals surface area contributed by atoms with Gasteiger partial charge in [0.25, 0.3) is 5.91 Å². The molecule has 0 saturated carbocycles. The van der Waals surface area contributed by atoms with Gasteiger partial charge in [-0.15, -0.1) is 0 Å². The van der Waals surface area contributed by atoms with Crippen LogP contribution in [-0.4, -0.2) is 77.6 Å². The summed E-state index contributed by atoms with van der Waals surface area (Å²) in [6.45, 7) is 3.41. The molecular formula is C23H28F2N8O. The van der Waals surface area contributed by atoms with Crippen LogP contribution in [0.4, 0.5) is 14.5 Å². The number of hydrogen-bond acceptors (Lipinski definition) is 7. The van der Waals surface area contributed by atoms with Crippen LogP contribution in [-0.2, 0) is 4.79 Å². The number of aliphatic imine (C=N–C) groups is 2. The zero-order chi connectivity index (χ0) is 23.7. The Hall–Kier alpha value is -3.18. The standard InChI is InChI=1S/C23H28F2N8O/c24-18-9-19-15(8-20(18)30-22(34)17(10-26)21-28-4-1-5-29-21)11-33(31-19)16-2-6-32(7-3-16)14-23(25)12-27-13-23/h4,8-11,16,27H,1-3,5-7,12-14,26H2,(H,30,34)/b17-10+. The van der Waals surface area contributed by atoms with Gasteiger partial charge in [0.1, 0.15) is 11.5 Å². The number of anilines is 1. The van der Waals surface area contributed by atoms with Crippen molar-refractivity contribution in [3.8, 4) is 0 Å². The highest BCUT2D eigenvalue weighted by atomic mass is 19.1. The van der Waals surface area contributed by atoms with E-state index in [1.54, 1.807) is 12.3 Å². The maximum atomic E-state index is 14.8. The average Bonchev–Trinajstić information content (AvgIpc) is 3.22. The summed E-state index contributed by atoms with van der Waals surface area (Å²) >= 11 is 0. The van der Waals surface area contributed by atoms with Gasteiger partial charge in [-0.3, -0.25) is 19.4 Å². The number of carbonyl (C=O) groups excluding carboxylic acids is 1. The minimum Gasteiger partial charge on any atom is -0.404 e. The van der Waals surface area contributed by atoms with Gasteiger partial charge >= 0.3 is 0 Å². The summed E-state index contributed by atoms with van der Waals surface area (Å²) in [5, 5.41) is 10.8. The second-order valence-electron chi connectivity index (χ2n) is 9.10. The van der Waals surface area contributed by atoms with Crippen LogP contribution in [0.3, 0.4) is 0 Å². The summed E-state index contributed by atoms with van der Waals surface area (Å²) < 4.78 is 31.0. The lowest BCUT2D eigenvalue weighted by Gasteiger charge is -2.41. The number of piperidine rings is 1. The van der Waals surface area contributed by atoms with Crippen molar-refractivity contribution in [3.05, 3.63) is 35.9 Å². The molecule has 34 heavy (non-hydrogen) atoms. The number of hydrogen-bond donors (Lipinski definition) is 3. The number of amidine groups is 1. The second kappa shape index (κ2) is 9.22. The molecule has 4 N–H and O–H groups in total. The first-order valence-corrected chi connectivity index (χ1v) is 11.6. The molecule has 0 atom stereocenters. The topological polar surface area (TPSA) is 113 Å². The summed E-state index contributed by atoms with van der Waals surface area (Å²) in [5.41, 5.74) is 5.14. The van der Waals surface area contributed by atoms with Crippen LogP contribution in [0.25, 0.3) is 10.9 Å². The summed E-state index contributed by atoms with van der Waals surface area (Å²) in [7, 11) is 0. The predicted molar refractivity (Wildman–Crippen MR) is 127 cm³/mol. The van der Waals surface area contributed by atoms with Crippen molar-refractivity contribution >= 4 is 34.5 Å². The monoisotopic (exact) mass is 470 g/mol. The fourth-order valence-electron chi connectivity index (χ4n) is 4.62. The fourth-order valence-corrected chi connectivity index (χ4v) is 4.62. The fraction of sp³-hybridized carbons (Fsp3) is 0.478. The predicted octanol–water partition coefficient (Wildman–Crippen LogP) is 1.78. The Morgan fingerprint density at radius 2 is 2.12 bits per heavy atom. The lowest BCUT2D eigenvalue weighted by atomic mass is 9.96. The van der Waals surface area contributed by atoms with Gasteiger partial charge in [0.2, 0.25) is 0 Å². The van der Waals surface area contributed by atoms with E-state index < -0.39 is 17.4 Å². The number of alkyl halides is 1. The lowest BCUT2D eigenvalue weighted by Crippen LogP contribution is -2.62. The van der Waals surface area contributed by atoms with E-state index in [4.69, 9.17) is 5.73 Å². The number of benzene rings is 1. The van der Waals surface area contributed by atoms with Gasteiger partial charge in [0.05, 0.1) is 22.8 Å². The van der Waals surface area contributed by atoms with Gasteiger partial charge in [-0.2, -0.15) is 5.10 Å². The molecule has 2 fully saturated rings. The van der Waals surface area contributed by atoms with Crippen molar-refractivity contribution in [1.82, 2.24) is 20.0 Å². The van der Waals surface area contributed by atoms with Gasteiger partial charge in [0, 0.05) is 75.8 Å². The molecule has 0 spiro atoms. The Morgan fingerprint density at radius 1 is 1.32 bits per heavy atom. The van der Waals surface area contributed by atoms with Gasteiger partial charge in [0.15, 0.2) is 5.84 Å². The van der Waals surface area contributed by atoms with Crippen molar-refractivity contribution in [1.29, 1.82) is 0 Å². The summed E-state index contributed by atoms with van der Waals surface area (Å²) in [6, 6.07) is 3.04. The van der Waals surface area contributed by atoms with Crippen molar-refractivity contribution in [2.24, 2.45) is 15.7 Å².